The first kappa shape index (κ1) is 104. The summed E-state index contributed by atoms with van der Waals surface area (Å²) < 4.78 is 146. The van der Waals surface area contributed by atoms with Crippen LogP contribution in [0.5, 0.6) is 0 Å². The second-order valence-corrected chi connectivity index (χ2v) is 46.9. The zero-order valence-corrected chi connectivity index (χ0v) is 84.7. The maximum Gasteiger partial charge on any atom is 0.351 e. The Bertz CT molecular complexity index is 6810. The number of anilines is 3. The van der Waals surface area contributed by atoms with Gasteiger partial charge in [-0.2, -0.15) is 4.98 Å². The Morgan fingerprint density at radius 1 is 0.424 bits per heavy atom. The van der Waals surface area contributed by atoms with E-state index in [2.05, 4.69) is 76.4 Å². The number of amidine groups is 2. The zero-order valence-electron chi connectivity index (χ0n) is 81.1. The summed E-state index contributed by atoms with van der Waals surface area (Å²) in [5.74, 6) is -3.82. The molecule has 144 heavy (non-hydrogen) atoms. The van der Waals surface area contributed by atoms with E-state index in [-0.39, 0.29) is 145 Å². The third-order valence-corrected chi connectivity index (χ3v) is 35.2. The number of hydrogen-bond donors (Lipinski definition) is 6. The maximum atomic E-state index is 16.8. The molecule has 15 atom stereocenters. The largest absolute Gasteiger partial charge is 0.390 e. The number of morpholine rings is 4. The summed E-state index contributed by atoms with van der Waals surface area (Å²) in [4.78, 5) is 159. The van der Waals surface area contributed by atoms with Gasteiger partial charge in [0.25, 0.3) is 17.7 Å². The molecular formula is C89H113N29O22P4. The number of rotatable bonds is 34. The predicted molar refractivity (Wildman–Crippen MR) is 521 cm³/mol. The lowest BCUT2D eigenvalue weighted by molar-refractivity contribution is -0.130. The molecule has 5 saturated heterocycles. The minimum absolute atomic E-state index is 0.00986. The van der Waals surface area contributed by atoms with Gasteiger partial charge in [-0.05, 0) is 105 Å². The lowest BCUT2D eigenvalue weighted by Crippen LogP contribution is -2.51. The molecule has 6 N–H and O–H groups in total. The molecule has 0 aliphatic carbocycles. The highest BCUT2D eigenvalue weighted by atomic mass is 31.2. The molecule has 5 fully saturated rings. The number of aliphatic hydroxyl groups is 1. The molecule has 766 valence electrons. The summed E-state index contributed by atoms with van der Waals surface area (Å²) in [5, 5.41) is 25.6. The quantitative estimate of drug-likeness (QED) is 0.0209. The van der Waals surface area contributed by atoms with E-state index in [0.717, 1.165) is 4.57 Å². The van der Waals surface area contributed by atoms with Crippen LogP contribution in [0.2, 0.25) is 0 Å². The first-order valence-corrected chi connectivity index (χ1v) is 52.7. The van der Waals surface area contributed by atoms with Crippen LogP contribution in [0.25, 0.3) is 22.3 Å². The van der Waals surface area contributed by atoms with Gasteiger partial charge in [0.05, 0.1) is 121 Å². The van der Waals surface area contributed by atoms with Crippen LogP contribution in [0.15, 0.2) is 156 Å². The van der Waals surface area contributed by atoms with Gasteiger partial charge in [-0.15, -0.1) is 0 Å². The highest BCUT2D eigenvalue weighted by Gasteiger charge is 2.52. The van der Waals surface area contributed by atoms with E-state index in [4.69, 9.17) is 46.8 Å². The number of imidazole rings is 4. The number of Topliss-reactive ketones (excluding diaryl/α,β-unsaturated/α-hetero) is 2. The summed E-state index contributed by atoms with van der Waals surface area (Å²) in [6, 6.07) is 26.6. The van der Waals surface area contributed by atoms with Crippen molar-refractivity contribution in [3.63, 3.8) is 0 Å². The molecule has 14 heterocycles. The Labute approximate surface area is 826 Å². The monoisotopic (exact) mass is 2060 g/mol. The number of fused-ring (bicyclic) bond motifs is 4. The maximum absolute atomic E-state index is 16.8. The SMILES string of the molecule is CC[C@@H]1CN([P@@](=O)(OC[C@@H]2CN([P@@](=O)(OC[C@@H]3CN([P@@](=O)(OC[C@@H]4CN([P@@](=O)(OC[C@H]5O[C@@H](n6cnc7c6N=C(NC(=O)C(C)C)CC7=O)C[C@@H]5O)N(C)C)C[C@H](n5cnc6c(NC(=O)c7ccccc7)ncnc65)O4)N(C)C)C[C@H](n4ccc(NC(=O)c5ccccc5)nc4=O)O3)N(C)C)C[C@H](n3cnc4c3N=C(NC(=O)C(C)C)CC4=O)O2)N(C)C)C[C@H](n2cnc3c(NC(=O)c4ccccc4)ncnc32)O1. The van der Waals surface area contributed by atoms with Gasteiger partial charge < -0.3 is 73.5 Å². The van der Waals surface area contributed by atoms with E-state index in [0.29, 0.717) is 23.2 Å². The second kappa shape index (κ2) is 43.5. The third kappa shape index (κ3) is 21.9. The number of hydrogen-bond acceptors (Lipinski definition) is 33. The molecule has 0 radical (unpaired) electrons. The third-order valence-electron chi connectivity index (χ3n) is 25.0. The van der Waals surface area contributed by atoms with E-state index < -0.39 is 184 Å². The molecule has 0 saturated carbocycles. The molecule has 0 bridgehead atoms. The van der Waals surface area contributed by atoms with Gasteiger partial charge in [0.2, 0.25) is 11.8 Å². The Morgan fingerprint density at radius 3 is 1.16 bits per heavy atom. The van der Waals surface area contributed by atoms with Crippen LogP contribution in [-0.2, 0) is 69.6 Å². The second-order valence-electron chi connectivity index (χ2n) is 36.5. The lowest BCUT2D eigenvalue weighted by atomic mass is 10.1. The van der Waals surface area contributed by atoms with Gasteiger partial charge in [0.1, 0.15) is 61.2 Å². The van der Waals surface area contributed by atoms with Gasteiger partial charge in [0, 0.05) is 67.3 Å². The number of ether oxygens (including phenoxy) is 5. The van der Waals surface area contributed by atoms with Crippen molar-refractivity contribution >= 4 is 135 Å². The fourth-order valence-electron chi connectivity index (χ4n) is 17.3. The fourth-order valence-corrected chi connectivity index (χ4v) is 25.2. The molecule has 7 aromatic heterocycles. The molecule has 0 unspecified atom stereocenters. The van der Waals surface area contributed by atoms with E-state index >= 15 is 18.3 Å². The first-order chi connectivity index (χ1) is 68.9. The minimum atomic E-state index is -4.60. The molecular weight excluding hydrogens is 1950 g/mol. The Balaban J connectivity index is 0.671. The van der Waals surface area contributed by atoms with Crippen molar-refractivity contribution in [1.29, 1.82) is 0 Å². The van der Waals surface area contributed by atoms with Crippen molar-refractivity contribution in [1.82, 2.24) is 116 Å². The van der Waals surface area contributed by atoms with Crippen molar-refractivity contribution in [2.24, 2.45) is 21.8 Å². The Morgan fingerprint density at radius 2 is 0.778 bits per heavy atom. The van der Waals surface area contributed by atoms with E-state index in [9.17, 15) is 43.5 Å². The molecule has 7 aliphatic rings. The molecule has 5 amide bonds. The van der Waals surface area contributed by atoms with Crippen molar-refractivity contribution in [2.75, 3.05) is 151 Å². The number of aromatic nitrogens is 14. The number of carbonyl (C=O) groups excluding carboxylic acids is 7. The number of aliphatic hydroxyl groups excluding tert-OH is 1. The van der Waals surface area contributed by atoms with Crippen LogP contribution in [0, 0.1) is 11.8 Å². The highest BCUT2D eigenvalue weighted by molar-refractivity contribution is 7.55. The molecule has 7 aliphatic heterocycles. The molecule has 51 nitrogen and oxygen atoms in total. The highest BCUT2D eigenvalue weighted by Crippen LogP contribution is 2.61. The summed E-state index contributed by atoms with van der Waals surface area (Å²) in [6.07, 6.45) is -3.27. The van der Waals surface area contributed by atoms with Crippen LogP contribution in [0.1, 0.15) is 143 Å². The summed E-state index contributed by atoms with van der Waals surface area (Å²) in [5.41, 5.74) is 0.834. The number of nitrogens with one attached hydrogen (secondary N) is 5. The van der Waals surface area contributed by atoms with Gasteiger partial charge in [0.15, 0.2) is 74.8 Å². The van der Waals surface area contributed by atoms with Gasteiger partial charge in [-0.1, -0.05) is 89.2 Å². The topological polar surface area (TPSA) is 560 Å². The summed E-state index contributed by atoms with van der Waals surface area (Å²) in [7, 11) is -5.54. The van der Waals surface area contributed by atoms with Crippen LogP contribution in [0.3, 0.4) is 0 Å². The van der Waals surface area contributed by atoms with E-state index in [1.807, 2.05) is 6.92 Å². The minimum Gasteiger partial charge on any atom is -0.390 e. The Kier molecular flexibility index (Phi) is 31.3. The smallest absolute Gasteiger partial charge is 0.351 e. The van der Waals surface area contributed by atoms with Crippen molar-refractivity contribution in [2.45, 2.75) is 128 Å². The lowest BCUT2D eigenvalue weighted by Gasteiger charge is -2.46. The van der Waals surface area contributed by atoms with Crippen LogP contribution < -0.4 is 32.3 Å². The average molecular weight is 2060 g/mol. The van der Waals surface area contributed by atoms with Gasteiger partial charge >= 0.3 is 36.4 Å². The molecule has 17 rings (SSSR count). The normalized spacial score (nSPS) is 23.8. The average Bonchev–Trinajstić information content (AvgIpc) is 1.35. The van der Waals surface area contributed by atoms with Crippen molar-refractivity contribution in [3.05, 3.63) is 180 Å². The predicted octanol–water partition coefficient (Wildman–Crippen LogP) is 7.85. The number of aliphatic imine (C=N–C) groups is 2. The number of nitrogens with zero attached hydrogens (tertiary/aromatic N) is 24. The summed E-state index contributed by atoms with van der Waals surface area (Å²) in [6.45, 7) is 4.63. The van der Waals surface area contributed by atoms with Crippen LogP contribution >= 0.6 is 30.7 Å². The first-order valence-electron chi connectivity index (χ1n) is 46.5. The zero-order chi connectivity index (χ0) is 102. The van der Waals surface area contributed by atoms with Crippen LogP contribution in [-0.4, -0.2) is 335 Å². The van der Waals surface area contributed by atoms with E-state index in [1.165, 1.54) is 139 Å². The van der Waals surface area contributed by atoms with Gasteiger partial charge in [-0.3, -0.25) is 74.7 Å². The summed E-state index contributed by atoms with van der Waals surface area (Å²) >= 11 is 0. The number of carbonyl (C=O) groups is 7. The number of ketones is 2. The molecule has 55 heteroatoms. The number of benzene rings is 3. The Hall–Kier alpha value is -11.7. The number of amides is 5. The van der Waals surface area contributed by atoms with E-state index in [1.54, 1.807) is 142 Å². The van der Waals surface area contributed by atoms with Crippen molar-refractivity contribution in [3.8, 4) is 0 Å². The van der Waals surface area contributed by atoms with Crippen molar-refractivity contribution < 1.29 is 98.7 Å². The van der Waals surface area contributed by atoms with Crippen LogP contribution in [0.4, 0.5) is 29.1 Å². The molecule has 10 aromatic rings. The fraction of sp³-hybridized carbons (Fsp3) is 0.472. The molecule has 0 spiro atoms. The molecule has 3 aromatic carbocycles. The van der Waals surface area contributed by atoms with Gasteiger partial charge in [-0.25, -0.2) is 92.0 Å². The standard InChI is InChI=1S/C89H113N29O22P4/c1-14-58-35-110(40-71(136-58)116-51-96-76-78(90-47-92-80(76)116)104-87(125)56-26-20-16-21-27-56)141(128,106(6)7)132-45-61-37-112(42-73(139-61)118-50-95-75-64(121)33-68(99-83(75)118)102-85(123)54(4)5)143(130,108(10)11)133-43-59-36-111(39-70(137-59)114-31-30-66(103-89(114)127)100-86(124)55-24-18-15-19-25-55)142(129,107(8)9)134-44-60-38-113(41-72(138-60)117-52-97-77-79(91-48-93-81(77)117)105-88(126)57-28-22-17-23-29-57)144(131,109(12)13)135-46-65-62(119)34-69(140-65)115-49-94-74-63(120)32-67(98-82(74)115)101-84(122)53(2)3/h15-31,47-54,58-62,65,69-73,119H,14,32-46H2,1-13H3,(H,98,101,122)(H,99,102,123)(H,90,92,104,125)(H,91,93,105,126)(H,100,103,124,127)/t58-,59+,60+,61+,62+,65-,69-,70-,71-,72-,73-,141+,142+,143+,144+/m1/s1.